The highest BCUT2D eigenvalue weighted by Crippen LogP contribution is 2.18. The summed E-state index contributed by atoms with van der Waals surface area (Å²) in [6.45, 7) is 4.17. The lowest BCUT2D eigenvalue weighted by Crippen LogP contribution is -2.19. The van der Waals surface area contributed by atoms with E-state index in [1.165, 1.54) is 11.1 Å². The van der Waals surface area contributed by atoms with Crippen LogP contribution in [-0.4, -0.2) is 12.2 Å². The van der Waals surface area contributed by atoms with Gasteiger partial charge < -0.3 is 15.4 Å². The Morgan fingerprint density at radius 2 is 1.65 bits per heavy atom. The fourth-order valence-corrected chi connectivity index (χ4v) is 2.05. The van der Waals surface area contributed by atoms with E-state index in [0.717, 1.165) is 17.1 Å². The summed E-state index contributed by atoms with van der Waals surface area (Å²) >= 11 is 5.31. The van der Waals surface area contributed by atoms with Crippen molar-refractivity contribution in [1.29, 1.82) is 0 Å². The van der Waals surface area contributed by atoms with Crippen molar-refractivity contribution in [2.24, 2.45) is 0 Å². The smallest absolute Gasteiger partial charge is 0.175 e. The van der Waals surface area contributed by atoms with E-state index in [1.54, 1.807) is 7.11 Å². The van der Waals surface area contributed by atoms with Gasteiger partial charge in [-0.15, -0.1) is 0 Å². The van der Waals surface area contributed by atoms with Gasteiger partial charge in [0, 0.05) is 17.4 Å². The van der Waals surface area contributed by atoms with Gasteiger partial charge in [0.25, 0.3) is 0 Å². The van der Waals surface area contributed by atoms with Crippen LogP contribution in [0.5, 0.6) is 5.75 Å². The molecular weight excluding hydrogens is 268 g/mol. The molecule has 0 atom stereocenters. The van der Waals surface area contributed by atoms with Crippen LogP contribution < -0.4 is 15.4 Å². The van der Waals surface area contributed by atoms with Crippen LogP contribution in [0.2, 0.25) is 0 Å². The zero-order chi connectivity index (χ0) is 14.5. The Kier molecular flexibility index (Phi) is 4.58. The van der Waals surface area contributed by atoms with E-state index in [1.807, 2.05) is 30.3 Å². The largest absolute Gasteiger partial charge is 0.497 e. The van der Waals surface area contributed by atoms with Crippen LogP contribution in [0.1, 0.15) is 11.1 Å². The molecule has 0 aromatic heterocycles. The van der Waals surface area contributed by atoms with Gasteiger partial charge in [-0.3, -0.25) is 0 Å². The average Bonchev–Trinajstić information content (AvgIpc) is 2.43. The molecule has 2 rings (SSSR count). The molecule has 0 radical (unpaired) electrons. The molecular formula is C16H18N2OS. The number of thiocarbonyl (C=S) groups is 1. The van der Waals surface area contributed by atoms with Crippen molar-refractivity contribution in [3.8, 4) is 5.75 Å². The Balaban J connectivity index is 2.03. The molecule has 4 heteroatoms. The quantitative estimate of drug-likeness (QED) is 0.832. The Morgan fingerprint density at radius 1 is 0.950 bits per heavy atom. The number of anilines is 2. The first-order valence-electron chi connectivity index (χ1n) is 6.38. The second-order valence-corrected chi connectivity index (χ2v) is 5.02. The Morgan fingerprint density at radius 3 is 2.30 bits per heavy atom. The van der Waals surface area contributed by atoms with E-state index < -0.39 is 0 Å². The first kappa shape index (κ1) is 14.3. The minimum absolute atomic E-state index is 0.557. The van der Waals surface area contributed by atoms with Gasteiger partial charge in [-0.25, -0.2) is 0 Å². The third kappa shape index (κ3) is 3.71. The van der Waals surface area contributed by atoms with E-state index in [2.05, 4.69) is 36.6 Å². The van der Waals surface area contributed by atoms with E-state index in [-0.39, 0.29) is 0 Å². The number of benzene rings is 2. The van der Waals surface area contributed by atoms with Crippen LogP contribution in [0.25, 0.3) is 0 Å². The predicted octanol–water partition coefficient (Wildman–Crippen LogP) is 4.12. The number of hydrogen-bond acceptors (Lipinski definition) is 2. The minimum atomic E-state index is 0.557. The van der Waals surface area contributed by atoms with Crippen molar-refractivity contribution in [1.82, 2.24) is 0 Å². The second-order valence-electron chi connectivity index (χ2n) is 4.61. The summed E-state index contributed by atoms with van der Waals surface area (Å²) in [5.41, 5.74) is 4.38. The molecule has 2 aromatic carbocycles. The van der Waals surface area contributed by atoms with Crippen molar-refractivity contribution < 1.29 is 4.74 Å². The molecule has 0 fully saturated rings. The highest BCUT2D eigenvalue weighted by molar-refractivity contribution is 7.80. The molecule has 0 aliphatic rings. The summed E-state index contributed by atoms with van der Waals surface area (Å²) in [5.74, 6) is 0.795. The minimum Gasteiger partial charge on any atom is -0.497 e. The highest BCUT2D eigenvalue weighted by Gasteiger charge is 2.01. The molecule has 2 N–H and O–H groups in total. The van der Waals surface area contributed by atoms with Gasteiger partial charge in [0.05, 0.1) is 7.11 Å². The highest BCUT2D eigenvalue weighted by atomic mass is 32.1. The van der Waals surface area contributed by atoms with E-state index in [0.29, 0.717) is 5.11 Å². The Labute approximate surface area is 125 Å². The SMILES string of the molecule is COc1cccc(NC(=S)Nc2ccc(C)c(C)c2)c1. The van der Waals surface area contributed by atoms with E-state index in [4.69, 9.17) is 17.0 Å². The molecule has 3 nitrogen and oxygen atoms in total. The second kappa shape index (κ2) is 6.39. The number of nitrogens with one attached hydrogen (secondary N) is 2. The molecule has 0 amide bonds. The van der Waals surface area contributed by atoms with Gasteiger partial charge in [-0.2, -0.15) is 0 Å². The summed E-state index contributed by atoms with van der Waals surface area (Å²) in [7, 11) is 1.64. The third-order valence-electron chi connectivity index (χ3n) is 3.09. The number of rotatable bonds is 3. The number of ether oxygens (including phenoxy) is 1. The zero-order valence-electron chi connectivity index (χ0n) is 11.9. The van der Waals surface area contributed by atoms with Crippen molar-refractivity contribution in [2.75, 3.05) is 17.7 Å². The lowest BCUT2D eigenvalue weighted by atomic mass is 10.1. The third-order valence-corrected chi connectivity index (χ3v) is 3.30. The topological polar surface area (TPSA) is 33.3 Å². The van der Waals surface area contributed by atoms with Crippen LogP contribution in [0, 0.1) is 13.8 Å². The van der Waals surface area contributed by atoms with Gasteiger partial charge in [-0.05, 0) is 61.5 Å². The maximum Gasteiger partial charge on any atom is 0.175 e. The Hall–Kier alpha value is -2.07. The first-order chi connectivity index (χ1) is 9.58. The molecule has 0 aliphatic carbocycles. The monoisotopic (exact) mass is 286 g/mol. The standard InChI is InChI=1S/C16H18N2OS/c1-11-7-8-14(9-12(11)2)18-16(20)17-13-5-4-6-15(10-13)19-3/h4-10H,1-3H3,(H2,17,18,20). The fourth-order valence-electron chi connectivity index (χ4n) is 1.81. The maximum atomic E-state index is 5.31. The maximum absolute atomic E-state index is 5.31. The lowest BCUT2D eigenvalue weighted by Gasteiger charge is -2.12. The summed E-state index contributed by atoms with van der Waals surface area (Å²) < 4.78 is 5.18. The predicted molar refractivity (Wildman–Crippen MR) is 88.8 cm³/mol. The van der Waals surface area contributed by atoms with Crippen LogP contribution in [0.3, 0.4) is 0 Å². The van der Waals surface area contributed by atoms with Crippen molar-refractivity contribution in [2.45, 2.75) is 13.8 Å². The molecule has 2 aromatic rings. The van der Waals surface area contributed by atoms with E-state index in [9.17, 15) is 0 Å². The summed E-state index contributed by atoms with van der Waals surface area (Å²) in [4.78, 5) is 0. The molecule has 0 bridgehead atoms. The van der Waals surface area contributed by atoms with E-state index >= 15 is 0 Å². The summed E-state index contributed by atoms with van der Waals surface area (Å²) in [6.07, 6.45) is 0. The van der Waals surface area contributed by atoms with Crippen molar-refractivity contribution in [3.05, 3.63) is 53.6 Å². The van der Waals surface area contributed by atoms with Crippen molar-refractivity contribution >= 4 is 28.7 Å². The normalized spacial score (nSPS) is 9.95. The number of aryl methyl sites for hydroxylation is 2. The van der Waals surface area contributed by atoms with Gasteiger partial charge in [0.15, 0.2) is 5.11 Å². The Bertz CT molecular complexity index is 626. The van der Waals surface area contributed by atoms with Crippen LogP contribution in [-0.2, 0) is 0 Å². The summed E-state index contributed by atoms with van der Waals surface area (Å²) in [6, 6.07) is 13.8. The number of hydrogen-bond donors (Lipinski definition) is 2. The molecule has 104 valence electrons. The van der Waals surface area contributed by atoms with Crippen LogP contribution in [0.4, 0.5) is 11.4 Å². The number of methoxy groups -OCH3 is 1. The molecule has 0 heterocycles. The zero-order valence-corrected chi connectivity index (χ0v) is 12.7. The van der Waals surface area contributed by atoms with Gasteiger partial charge >= 0.3 is 0 Å². The van der Waals surface area contributed by atoms with Gasteiger partial charge in [-0.1, -0.05) is 12.1 Å². The van der Waals surface area contributed by atoms with Gasteiger partial charge in [0.2, 0.25) is 0 Å². The lowest BCUT2D eigenvalue weighted by molar-refractivity contribution is 0.415. The van der Waals surface area contributed by atoms with Crippen LogP contribution in [0.15, 0.2) is 42.5 Å². The van der Waals surface area contributed by atoms with Gasteiger partial charge in [0.1, 0.15) is 5.75 Å². The summed E-state index contributed by atoms with van der Waals surface area (Å²) in [5, 5.41) is 6.87. The molecule has 20 heavy (non-hydrogen) atoms. The molecule has 0 spiro atoms. The average molecular weight is 286 g/mol. The first-order valence-corrected chi connectivity index (χ1v) is 6.78. The molecule has 0 saturated carbocycles. The molecule has 0 aliphatic heterocycles. The van der Waals surface area contributed by atoms with Crippen LogP contribution >= 0.6 is 12.2 Å². The fraction of sp³-hybridized carbons (Fsp3) is 0.188. The molecule has 0 unspecified atom stereocenters. The molecule has 0 saturated heterocycles. The van der Waals surface area contributed by atoms with Crippen molar-refractivity contribution in [3.63, 3.8) is 0 Å².